The Labute approximate surface area is 170 Å². The van der Waals surface area contributed by atoms with Gasteiger partial charge in [-0.1, -0.05) is 45.0 Å². The molecule has 1 aliphatic heterocycles. The number of carbonyl (C=O) groups is 1. The number of piperidine rings is 1. The normalized spacial score (nSPS) is 15.6. The highest BCUT2D eigenvalue weighted by Gasteiger charge is 2.27. The Balaban J connectivity index is 1.49. The molecule has 29 heavy (non-hydrogen) atoms. The maximum absolute atomic E-state index is 12.9. The summed E-state index contributed by atoms with van der Waals surface area (Å²) in [5.41, 5.74) is 1.98. The lowest BCUT2D eigenvalue weighted by molar-refractivity contribution is 0.0682. The van der Waals surface area contributed by atoms with Crippen molar-refractivity contribution in [3.63, 3.8) is 0 Å². The fraction of sp³-hybridized carbons (Fsp3) is 0.391. The van der Waals surface area contributed by atoms with E-state index < -0.39 is 0 Å². The minimum absolute atomic E-state index is 0.0124. The number of para-hydroxylation sites is 1. The van der Waals surface area contributed by atoms with E-state index in [1.165, 1.54) is 0 Å². The lowest BCUT2D eigenvalue weighted by atomic mass is 9.92. The van der Waals surface area contributed by atoms with E-state index in [2.05, 4.69) is 30.9 Å². The topological polar surface area (TPSA) is 68.1 Å². The quantitative estimate of drug-likeness (QED) is 0.671. The summed E-state index contributed by atoms with van der Waals surface area (Å²) in [6.45, 7) is 7.43. The Bertz CT molecular complexity index is 1110. The molecule has 0 bridgehead atoms. The largest absolute Gasteiger partial charge is 0.337 e. The third-order valence-electron chi connectivity index (χ3n) is 5.51. The molecule has 6 nitrogen and oxygen atoms in total. The first-order valence-corrected chi connectivity index (χ1v) is 10.1. The van der Waals surface area contributed by atoms with Crippen molar-refractivity contribution >= 4 is 16.8 Å². The summed E-state index contributed by atoms with van der Waals surface area (Å²) in [6.07, 6.45) is 1.42. The van der Waals surface area contributed by atoms with Crippen molar-refractivity contribution in [3.8, 4) is 0 Å². The van der Waals surface area contributed by atoms with Gasteiger partial charge in [0.25, 0.3) is 11.5 Å². The molecule has 0 aliphatic carbocycles. The van der Waals surface area contributed by atoms with Gasteiger partial charge in [-0.2, -0.15) is 5.10 Å². The molecule has 3 heterocycles. The zero-order chi connectivity index (χ0) is 20.6. The molecule has 1 amide bonds. The van der Waals surface area contributed by atoms with Gasteiger partial charge in [-0.25, -0.2) is 9.67 Å². The third-order valence-corrected chi connectivity index (χ3v) is 5.51. The number of hydrogen-bond donors (Lipinski definition) is 0. The van der Waals surface area contributed by atoms with Gasteiger partial charge in [0, 0.05) is 30.0 Å². The van der Waals surface area contributed by atoms with E-state index in [0.29, 0.717) is 31.6 Å². The SMILES string of the molecule is CC(C)(C)c1ccc(=O)n(C2CCN(C(=O)c3ccc4ccccc4n3)CC2)n1. The van der Waals surface area contributed by atoms with E-state index in [1.807, 2.05) is 41.3 Å². The number of pyridine rings is 1. The summed E-state index contributed by atoms with van der Waals surface area (Å²) in [5, 5.41) is 5.64. The molecule has 0 spiro atoms. The van der Waals surface area contributed by atoms with Crippen LogP contribution in [-0.4, -0.2) is 38.7 Å². The van der Waals surface area contributed by atoms with Gasteiger partial charge >= 0.3 is 0 Å². The number of rotatable bonds is 2. The van der Waals surface area contributed by atoms with Gasteiger partial charge < -0.3 is 4.90 Å². The number of fused-ring (bicyclic) bond motifs is 1. The minimum Gasteiger partial charge on any atom is -0.337 e. The van der Waals surface area contributed by atoms with Gasteiger partial charge in [-0.05, 0) is 31.0 Å². The van der Waals surface area contributed by atoms with Gasteiger partial charge in [-0.15, -0.1) is 0 Å². The van der Waals surface area contributed by atoms with Crippen molar-refractivity contribution in [3.05, 3.63) is 70.3 Å². The van der Waals surface area contributed by atoms with Gasteiger partial charge in [0.1, 0.15) is 5.69 Å². The van der Waals surface area contributed by atoms with Crippen LogP contribution in [0.3, 0.4) is 0 Å². The molecule has 1 fully saturated rings. The highest BCUT2D eigenvalue weighted by molar-refractivity contribution is 5.94. The Hall–Kier alpha value is -3.02. The smallest absolute Gasteiger partial charge is 0.272 e. The third kappa shape index (κ3) is 3.92. The van der Waals surface area contributed by atoms with Crippen molar-refractivity contribution in [2.75, 3.05) is 13.1 Å². The van der Waals surface area contributed by atoms with Crippen LogP contribution in [0, 0.1) is 0 Å². The van der Waals surface area contributed by atoms with Crippen LogP contribution in [0.15, 0.2) is 53.3 Å². The highest BCUT2D eigenvalue weighted by atomic mass is 16.2. The number of likely N-dealkylation sites (tertiary alicyclic amines) is 1. The zero-order valence-corrected chi connectivity index (χ0v) is 17.1. The maximum Gasteiger partial charge on any atom is 0.272 e. The van der Waals surface area contributed by atoms with Crippen molar-refractivity contribution in [2.45, 2.75) is 45.1 Å². The Morgan fingerprint density at radius 3 is 2.45 bits per heavy atom. The fourth-order valence-corrected chi connectivity index (χ4v) is 3.75. The lowest BCUT2D eigenvalue weighted by Crippen LogP contribution is -2.42. The molecule has 1 aromatic carbocycles. The van der Waals surface area contributed by atoms with Gasteiger partial charge in [-0.3, -0.25) is 9.59 Å². The number of carbonyl (C=O) groups excluding carboxylic acids is 1. The zero-order valence-electron chi connectivity index (χ0n) is 17.1. The van der Waals surface area contributed by atoms with Crippen LogP contribution in [0.4, 0.5) is 0 Å². The van der Waals surface area contributed by atoms with Crippen LogP contribution in [0.25, 0.3) is 10.9 Å². The summed E-state index contributed by atoms with van der Waals surface area (Å²) < 4.78 is 1.61. The predicted octanol–water partition coefficient (Wildman–Crippen LogP) is 3.57. The van der Waals surface area contributed by atoms with Crippen LogP contribution >= 0.6 is 0 Å². The Morgan fingerprint density at radius 1 is 1.00 bits per heavy atom. The first-order valence-electron chi connectivity index (χ1n) is 10.1. The fourth-order valence-electron chi connectivity index (χ4n) is 3.75. The summed E-state index contributed by atoms with van der Waals surface area (Å²) in [5.74, 6) is -0.0575. The minimum atomic E-state index is -0.117. The average molecular weight is 390 g/mol. The molecule has 3 aromatic rings. The van der Waals surface area contributed by atoms with Crippen LogP contribution in [0.2, 0.25) is 0 Å². The number of nitrogens with zero attached hydrogens (tertiary/aromatic N) is 4. The number of hydrogen-bond acceptors (Lipinski definition) is 4. The highest BCUT2D eigenvalue weighted by Crippen LogP contribution is 2.24. The van der Waals surface area contributed by atoms with Crippen molar-refractivity contribution < 1.29 is 4.79 Å². The van der Waals surface area contributed by atoms with E-state index in [4.69, 9.17) is 0 Å². The summed E-state index contributed by atoms with van der Waals surface area (Å²) in [7, 11) is 0. The molecule has 0 radical (unpaired) electrons. The second-order valence-electron chi connectivity index (χ2n) is 8.66. The molecule has 0 N–H and O–H groups in total. The Morgan fingerprint density at radius 2 is 1.72 bits per heavy atom. The molecule has 0 atom stereocenters. The van der Waals surface area contributed by atoms with E-state index >= 15 is 0 Å². The molecular formula is C23H26N4O2. The standard InChI is InChI=1S/C23H26N4O2/c1-23(2,3)20-10-11-21(28)27(25-20)17-12-14-26(15-13-17)22(29)19-9-8-16-6-4-5-7-18(16)24-19/h4-11,17H,12-15H2,1-3H3. The molecule has 1 saturated heterocycles. The molecule has 0 saturated carbocycles. The van der Waals surface area contributed by atoms with Gasteiger partial charge in [0.2, 0.25) is 0 Å². The summed E-state index contributed by atoms with van der Waals surface area (Å²) >= 11 is 0. The second-order valence-corrected chi connectivity index (χ2v) is 8.66. The Kier molecular flexibility index (Phi) is 4.94. The molecule has 1 aliphatic rings. The van der Waals surface area contributed by atoms with Crippen LogP contribution in [-0.2, 0) is 5.41 Å². The molecule has 4 rings (SSSR count). The van der Waals surface area contributed by atoms with E-state index in [9.17, 15) is 9.59 Å². The van der Waals surface area contributed by atoms with Crippen molar-refractivity contribution in [1.29, 1.82) is 0 Å². The monoisotopic (exact) mass is 390 g/mol. The van der Waals surface area contributed by atoms with Crippen molar-refractivity contribution in [2.24, 2.45) is 0 Å². The van der Waals surface area contributed by atoms with E-state index in [1.54, 1.807) is 16.8 Å². The first kappa shape index (κ1) is 19.3. The van der Waals surface area contributed by atoms with Crippen LogP contribution < -0.4 is 5.56 Å². The molecule has 0 unspecified atom stereocenters. The number of amides is 1. The van der Waals surface area contributed by atoms with Crippen molar-refractivity contribution in [1.82, 2.24) is 19.7 Å². The molecule has 6 heteroatoms. The average Bonchev–Trinajstić information content (AvgIpc) is 2.72. The number of benzene rings is 1. The molecule has 150 valence electrons. The second kappa shape index (κ2) is 7.43. The van der Waals surface area contributed by atoms with E-state index in [-0.39, 0.29) is 22.9 Å². The van der Waals surface area contributed by atoms with E-state index in [0.717, 1.165) is 16.6 Å². The van der Waals surface area contributed by atoms with Crippen LogP contribution in [0.1, 0.15) is 55.8 Å². The lowest BCUT2D eigenvalue weighted by Gasteiger charge is -2.32. The number of aromatic nitrogens is 3. The maximum atomic E-state index is 12.9. The molecular weight excluding hydrogens is 364 g/mol. The first-order chi connectivity index (χ1) is 13.8. The van der Waals surface area contributed by atoms with Gasteiger partial charge in [0.15, 0.2) is 0 Å². The van der Waals surface area contributed by atoms with Gasteiger partial charge in [0.05, 0.1) is 17.3 Å². The molecule has 2 aromatic heterocycles. The summed E-state index contributed by atoms with van der Waals surface area (Å²) in [4.78, 5) is 31.6. The predicted molar refractivity (Wildman–Crippen MR) is 113 cm³/mol. The summed E-state index contributed by atoms with van der Waals surface area (Å²) in [6, 6.07) is 14.9. The van der Waals surface area contributed by atoms with Crippen LogP contribution in [0.5, 0.6) is 0 Å².